The number of nitrogens with two attached hydrogens (primary N) is 1. The van der Waals surface area contributed by atoms with Crippen molar-refractivity contribution < 1.29 is 24.5 Å². The number of anilines is 1. The van der Waals surface area contributed by atoms with Crippen molar-refractivity contribution in [1.29, 1.82) is 0 Å². The van der Waals surface area contributed by atoms with E-state index in [1.54, 1.807) is 12.1 Å². The molecular formula is C26H28N2O5. The molecule has 0 bridgehead atoms. The molecule has 7 heteroatoms. The smallest absolute Gasteiger partial charge is 0.337 e. The van der Waals surface area contributed by atoms with Gasteiger partial charge in [-0.05, 0) is 65.9 Å². The minimum atomic E-state index is -1.03. The number of ether oxygens (including phenoxy) is 2. The van der Waals surface area contributed by atoms with E-state index in [4.69, 9.17) is 20.3 Å². The van der Waals surface area contributed by atoms with Crippen molar-refractivity contribution in [3.63, 3.8) is 0 Å². The predicted molar refractivity (Wildman–Crippen MR) is 127 cm³/mol. The third-order valence-electron chi connectivity index (χ3n) is 5.64. The summed E-state index contributed by atoms with van der Waals surface area (Å²) in [7, 11) is 0. The Bertz CT molecular complexity index is 1100. The minimum Gasteiger partial charge on any atom is -0.491 e. The molecule has 0 saturated heterocycles. The monoisotopic (exact) mass is 448 g/mol. The van der Waals surface area contributed by atoms with Crippen molar-refractivity contribution in [1.82, 2.24) is 5.32 Å². The van der Waals surface area contributed by atoms with Crippen LogP contribution >= 0.6 is 0 Å². The lowest BCUT2D eigenvalue weighted by molar-refractivity contribution is 0.0698. The van der Waals surface area contributed by atoms with Gasteiger partial charge in [-0.25, -0.2) is 4.79 Å². The summed E-state index contributed by atoms with van der Waals surface area (Å²) in [6.45, 7) is 1.29. The number of carboxylic acid groups (broad SMARTS) is 1. The molecule has 5 N–H and O–H groups in total. The molecule has 0 spiro atoms. The Balaban J connectivity index is 1.28. The summed E-state index contributed by atoms with van der Waals surface area (Å²) in [6.07, 6.45) is 1.15. The molecule has 1 aliphatic rings. The normalized spacial score (nSPS) is 15.8. The van der Waals surface area contributed by atoms with Crippen LogP contribution in [0, 0.1) is 0 Å². The molecule has 0 unspecified atom stereocenters. The van der Waals surface area contributed by atoms with E-state index in [1.807, 2.05) is 42.5 Å². The van der Waals surface area contributed by atoms with E-state index in [9.17, 15) is 9.90 Å². The first-order chi connectivity index (χ1) is 16.0. The van der Waals surface area contributed by atoms with Gasteiger partial charge in [0.25, 0.3) is 0 Å². The molecule has 0 radical (unpaired) electrons. The molecule has 0 fully saturated rings. The number of aliphatic hydroxyl groups excluding tert-OH is 1. The van der Waals surface area contributed by atoms with Gasteiger partial charge in [0.1, 0.15) is 30.3 Å². The Labute approximate surface area is 192 Å². The number of hydrogen-bond donors (Lipinski definition) is 4. The molecule has 0 aliphatic carbocycles. The zero-order valence-corrected chi connectivity index (χ0v) is 18.2. The molecule has 172 valence electrons. The fraction of sp³-hybridized carbons (Fsp3) is 0.269. The van der Waals surface area contributed by atoms with Crippen LogP contribution in [-0.4, -0.2) is 48.1 Å². The molecule has 1 aliphatic heterocycles. The predicted octanol–water partition coefficient (Wildman–Crippen LogP) is 3.36. The van der Waals surface area contributed by atoms with Crippen molar-refractivity contribution >= 4 is 11.7 Å². The molecule has 3 aromatic rings. The molecular weight excluding hydrogens is 420 g/mol. The number of nitrogens with one attached hydrogen (secondary N) is 1. The van der Waals surface area contributed by atoms with E-state index in [1.165, 1.54) is 6.07 Å². The molecule has 3 aromatic carbocycles. The topological polar surface area (TPSA) is 114 Å². The number of fused-ring (bicyclic) bond motifs is 1. The van der Waals surface area contributed by atoms with E-state index in [0.29, 0.717) is 13.1 Å². The molecule has 4 rings (SSSR count). The van der Waals surface area contributed by atoms with Gasteiger partial charge in [-0.15, -0.1) is 0 Å². The van der Waals surface area contributed by atoms with Gasteiger partial charge in [-0.2, -0.15) is 0 Å². The number of rotatable bonds is 9. The quantitative estimate of drug-likeness (QED) is 0.371. The Hall–Kier alpha value is -3.55. The zero-order valence-electron chi connectivity index (χ0n) is 18.2. The Morgan fingerprint density at radius 3 is 2.64 bits per heavy atom. The average Bonchev–Trinajstić information content (AvgIpc) is 2.82. The van der Waals surface area contributed by atoms with Crippen molar-refractivity contribution in [3.05, 3.63) is 77.9 Å². The number of para-hydroxylation sites is 1. The maximum absolute atomic E-state index is 11.2. The highest BCUT2D eigenvalue weighted by Crippen LogP contribution is 2.33. The van der Waals surface area contributed by atoms with Crippen LogP contribution in [0.3, 0.4) is 0 Å². The van der Waals surface area contributed by atoms with Gasteiger partial charge in [0.05, 0.1) is 5.56 Å². The average molecular weight is 449 g/mol. The first kappa shape index (κ1) is 22.6. The number of carboxylic acids is 1. The number of aromatic carboxylic acids is 1. The van der Waals surface area contributed by atoms with Crippen LogP contribution in [-0.2, 0) is 6.42 Å². The second-order valence-electron chi connectivity index (χ2n) is 8.14. The summed E-state index contributed by atoms with van der Waals surface area (Å²) in [4.78, 5) is 11.2. The van der Waals surface area contributed by atoms with Crippen LogP contribution in [0.1, 0.15) is 22.3 Å². The molecule has 2 atom stereocenters. The van der Waals surface area contributed by atoms with Crippen LogP contribution < -0.4 is 20.5 Å². The van der Waals surface area contributed by atoms with E-state index in [-0.39, 0.29) is 24.0 Å². The van der Waals surface area contributed by atoms with Crippen molar-refractivity contribution in [2.75, 3.05) is 25.4 Å². The fourth-order valence-electron chi connectivity index (χ4n) is 3.88. The Kier molecular flexibility index (Phi) is 7.12. The number of aliphatic hydroxyl groups is 1. The molecule has 0 amide bonds. The molecule has 7 nitrogen and oxygen atoms in total. The molecule has 1 heterocycles. The first-order valence-electron chi connectivity index (χ1n) is 11.0. The molecule has 0 saturated carbocycles. The highest BCUT2D eigenvalue weighted by atomic mass is 16.5. The number of hydrogen-bond acceptors (Lipinski definition) is 6. The molecule has 0 aromatic heterocycles. The minimum absolute atomic E-state index is 0.0242. The summed E-state index contributed by atoms with van der Waals surface area (Å²) >= 11 is 0. The summed E-state index contributed by atoms with van der Waals surface area (Å²) in [6, 6.07) is 20.4. The zero-order chi connectivity index (χ0) is 23.2. The second-order valence-corrected chi connectivity index (χ2v) is 8.14. The van der Waals surface area contributed by atoms with Crippen LogP contribution in [0.4, 0.5) is 5.69 Å². The van der Waals surface area contributed by atoms with Crippen molar-refractivity contribution in [2.45, 2.75) is 25.0 Å². The number of benzene rings is 3. The van der Waals surface area contributed by atoms with E-state index >= 15 is 0 Å². The van der Waals surface area contributed by atoms with E-state index < -0.39 is 12.1 Å². The second kappa shape index (κ2) is 10.4. The lowest BCUT2D eigenvalue weighted by atomic mass is 9.96. The van der Waals surface area contributed by atoms with Gasteiger partial charge in [-0.1, -0.05) is 30.3 Å². The van der Waals surface area contributed by atoms with Gasteiger partial charge in [0.2, 0.25) is 0 Å². The van der Waals surface area contributed by atoms with Crippen LogP contribution in [0.5, 0.6) is 11.5 Å². The van der Waals surface area contributed by atoms with E-state index in [0.717, 1.165) is 41.0 Å². The lowest BCUT2D eigenvalue weighted by Crippen LogP contribution is -2.39. The standard InChI is InChI=1S/C26H28N2O5/c27-24-13-18(7-10-23(24)26(30)31)17-8-11-25-19(12-17)6-9-22(33-25)15-28-14-20(29)16-32-21-4-2-1-3-5-21/h1-5,7-8,10-13,20,22,28-29H,6,9,14-16,27H2,(H,30,31)/t20-,22+/m0/s1. The SMILES string of the molecule is Nc1cc(-c2ccc3c(c2)CC[C@H](CNC[C@H](O)COc2ccccc2)O3)ccc1C(=O)O. The van der Waals surface area contributed by atoms with Gasteiger partial charge >= 0.3 is 5.97 Å². The maximum Gasteiger partial charge on any atom is 0.337 e. The maximum atomic E-state index is 11.2. The van der Waals surface area contributed by atoms with Gasteiger partial charge in [0.15, 0.2) is 0 Å². The van der Waals surface area contributed by atoms with Gasteiger partial charge < -0.3 is 30.7 Å². The fourth-order valence-corrected chi connectivity index (χ4v) is 3.88. The van der Waals surface area contributed by atoms with Gasteiger partial charge in [0, 0.05) is 18.8 Å². The number of carbonyl (C=O) groups is 1. The molecule has 33 heavy (non-hydrogen) atoms. The summed E-state index contributed by atoms with van der Waals surface area (Å²) in [5.74, 6) is 0.553. The highest BCUT2D eigenvalue weighted by Gasteiger charge is 2.20. The van der Waals surface area contributed by atoms with Crippen LogP contribution in [0.15, 0.2) is 66.7 Å². The van der Waals surface area contributed by atoms with Gasteiger partial charge in [-0.3, -0.25) is 0 Å². The largest absolute Gasteiger partial charge is 0.491 e. The summed E-state index contributed by atoms with van der Waals surface area (Å²) < 4.78 is 11.7. The summed E-state index contributed by atoms with van der Waals surface area (Å²) in [5.41, 5.74) is 9.20. The van der Waals surface area contributed by atoms with E-state index in [2.05, 4.69) is 11.4 Å². The first-order valence-corrected chi connectivity index (χ1v) is 11.0. The summed E-state index contributed by atoms with van der Waals surface area (Å²) in [5, 5.41) is 22.6. The van der Waals surface area contributed by atoms with Crippen molar-refractivity contribution in [3.8, 4) is 22.6 Å². The third-order valence-corrected chi connectivity index (χ3v) is 5.64. The highest BCUT2D eigenvalue weighted by molar-refractivity contribution is 5.94. The van der Waals surface area contributed by atoms with Crippen LogP contribution in [0.2, 0.25) is 0 Å². The lowest BCUT2D eigenvalue weighted by Gasteiger charge is -2.27. The number of nitrogen functional groups attached to an aromatic ring is 1. The Morgan fingerprint density at radius 2 is 1.88 bits per heavy atom. The van der Waals surface area contributed by atoms with Crippen molar-refractivity contribution in [2.24, 2.45) is 0 Å². The van der Waals surface area contributed by atoms with Crippen LogP contribution in [0.25, 0.3) is 11.1 Å². The Morgan fingerprint density at radius 1 is 1.12 bits per heavy atom. The number of aryl methyl sites for hydroxylation is 1. The third kappa shape index (κ3) is 5.83.